The molecule has 34 heavy (non-hydrogen) atoms. The van der Waals surface area contributed by atoms with Crippen LogP contribution in [0.25, 0.3) is 0 Å². The van der Waals surface area contributed by atoms with E-state index in [1.54, 1.807) is 24.3 Å². The van der Waals surface area contributed by atoms with E-state index in [4.69, 9.17) is 11.6 Å². The van der Waals surface area contributed by atoms with Crippen molar-refractivity contribution in [2.75, 3.05) is 19.6 Å². The maximum Gasteiger partial charge on any atom is 0.253 e. The normalized spacial score (nSPS) is 19.5. The molecule has 4 rings (SSSR count). The largest absolute Gasteiger partial charge is 0.355 e. The Morgan fingerprint density at radius 1 is 1.03 bits per heavy atom. The molecule has 2 aromatic carbocycles. The predicted molar refractivity (Wildman–Crippen MR) is 131 cm³/mol. The summed E-state index contributed by atoms with van der Waals surface area (Å²) in [5.74, 6) is -0.337. The van der Waals surface area contributed by atoms with Gasteiger partial charge in [0.1, 0.15) is 6.04 Å². The van der Waals surface area contributed by atoms with Gasteiger partial charge in [0.2, 0.25) is 15.9 Å². The monoisotopic (exact) mass is 503 g/mol. The molecule has 0 bridgehead atoms. The Bertz CT molecular complexity index is 1130. The van der Waals surface area contributed by atoms with Crippen LogP contribution in [0, 0.1) is 0 Å². The molecule has 7 nitrogen and oxygen atoms in total. The van der Waals surface area contributed by atoms with E-state index in [0.29, 0.717) is 29.1 Å². The molecule has 182 valence electrons. The first-order valence-electron chi connectivity index (χ1n) is 11.8. The fourth-order valence-electron chi connectivity index (χ4n) is 4.56. The predicted octanol–water partition coefficient (Wildman–Crippen LogP) is 3.83. The van der Waals surface area contributed by atoms with Gasteiger partial charge in [0.05, 0.1) is 4.90 Å². The van der Waals surface area contributed by atoms with Crippen LogP contribution in [0.15, 0.2) is 53.4 Å². The van der Waals surface area contributed by atoms with Gasteiger partial charge in [-0.2, -0.15) is 4.31 Å². The summed E-state index contributed by atoms with van der Waals surface area (Å²) in [5, 5.41) is 3.27. The van der Waals surface area contributed by atoms with E-state index in [0.717, 1.165) is 45.2 Å². The molecule has 1 unspecified atom stereocenters. The number of nitrogens with zero attached hydrogens (tertiary/aromatic N) is 2. The third kappa shape index (κ3) is 5.62. The molecule has 2 aliphatic rings. The van der Waals surface area contributed by atoms with E-state index < -0.39 is 16.1 Å². The lowest BCUT2D eigenvalue weighted by molar-refractivity contribution is -0.124. The van der Waals surface area contributed by atoms with Crippen LogP contribution in [0.4, 0.5) is 0 Å². The summed E-state index contributed by atoms with van der Waals surface area (Å²) in [6.07, 6.45) is 5.10. The molecule has 2 amide bonds. The number of hydrogen-bond acceptors (Lipinski definition) is 4. The Morgan fingerprint density at radius 3 is 2.50 bits per heavy atom. The quantitative estimate of drug-likeness (QED) is 0.649. The van der Waals surface area contributed by atoms with Crippen LogP contribution >= 0.6 is 11.6 Å². The van der Waals surface area contributed by atoms with Crippen LogP contribution in [-0.4, -0.2) is 55.1 Å². The third-order valence-electron chi connectivity index (χ3n) is 6.43. The summed E-state index contributed by atoms with van der Waals surface area (Å²) in [6.45, 7) is 2.00. The summed E-state index contributed by atoms with van der Waals surface area (Å²) < 4.78 is 28.7. The van der Waals surface area contributed by atoms with E-state index >= 15 is 0 Å². The highest BCUT2D eigenvalue weighted by molar-refractivity contribution is 7.89. The molecule has 2 aromatic rings. The maximum absolute atomic E-state index is 13.7. The number of piperidine rings is 1. The highest BCUT2D eigenvalue weighted by atomic mass is 35.5. The zero-order valence-electron chi connectivity index (χ0n) is 19.1. The Labute approximate surface area is 206 Å². The molecular formula is C25H30ClN3O4S. The Kier molecular flexibility index (Phi) is 7.91. The van der Waals surface area contributed by atoms with Crippen LogP contribution in [0.2, 0.25) is 5.02 Å². The first-order valence-corrected chi connectivity index (χ1v) is 13.6. The second kappa shape index (κ2) is 10.9. The number of amides is 2. The lowest BCUT2D eigenvalue weighted by Gasteiger charge is -2.30. The molecule has 0 radical (unpaired) electrons. The number of hydrogen-bond donors (Lipinski definition) is 1. The van der Waals surface area contributed by atoms with Gasteiger partial charge in [-0.1, -0.05) is 23.7 Å². The molecule has 0 aromatic heterocycles. The average Bonchev–Trinajstić information content (AvgIpc) is 3.07. The Hall–Kier alpha value is -2.42. The number of rotatable bonds is 6. The van der Waals surface area contributed by atoms with Crippen LogP contribution in [0.1, 0.15) is 54.4 Å². The molecular weight excluding hydrogens is 474 g/mol. The van der Waals surface area contributed by atoms with E-state index in [1.807, 2.05) is 4.90 Å². The maximum atomic E-state index is 13.7. The van der Waals surface area contributed by atoms with Crippen LogP contribution in [0.5, 0.6) is 0 Å². The summed E-state index contributed by atoms with van der Waals surface area (Å²) in [7, 11) is -4.00. The van der Waals surface area contributed by atoms with Crippen molar-refractivity contribution in [1.82, 2.24) is 14.5 Å². The minimum atomic E-state index is -4.00. The number of likely N-dealkylation sites (tertiary alicyclic amines) is 1. The van der Waals surface area contributed by atoms with E-state index in [9.17, 15) is 18.0 Å². The molecule has 2 heterocycles. The van der Waals surface area contributed by atoms with Gasteiger partial charge >= 0.3 is 0 Å². The van der Waals surface area contributed by atoms with Gasteiger partial charge in [0.25, 0.3) is 5.91 Å². The lowest BCUT2D eigenvalue weighted by Crippen LogP contribution is -2.48. The van der Waals surface area contributed by atoms with Crippen molar-refractivity contribution in [1.29, 1.82) is 0 Å². The van der Waals surface area contributed by atoms with Crippen molar-refractivity contribution in [2.45, 2.75) is 56.0 Å². The summed E-state index contributed by atoms with van der Waals surface area (Å²) in [4.78, 5) is 27.8. The second-order valence-electron chi connectivity index (χ2n) is 8.86. The number of nitrogens with one attached hydrogen (secondary N) is 1. The standard InChI is InChI=1S/C25H30ClN3O4S/c26-21-10-12-22(13-11-21)34(32,33)29(23-9-2-3-14-27-24(23)30)18-19-7-6-8-20(17-19)25(31)28-15-4-1-5-16-28/h6-8,10-13,17,23H,1-5,9,14-16,18H2,(H,27,30). The van der Waals surface area contributed by atoms with Crippen molar-refractivity contribution >= 4 is 33.4 Å². The Balaban J connectivity index is 1.66. The number of halogens is 1. The fourth-order valence-corrected chi connectivity index (χ4v) is 6.30. The number of benzene rings is 2. The number of carbonyl (C=O) groups is 2. The van der Waals surface area contributed by atoms with Gasteiger partial charge in [-0.15, -0.1) is 0 Å². The molecule has 1 N–H and O–H groups in total. The van der Waals surface area contributed by atoms with Crippen molar-refractivity contribution in [3.8, 4) is 0 Å². The minimum Gasteiger partial charge on any atom is -0.355 e. The Morgan fingerprint density at radius 2 is 1.76 bits per heavy atom. The number of sulfonamides is 1. The molecule has 0 aliphatic carbocycles. The van der Waals surface area contributed by atoms with E-state index in [2.05, 4.69) is 5.32 Å². The van der Waals surface area contributed by atoms with Gasteiger partial charge in [-0.3, -0.25) is 9.59 Å². The molecule has 9 heteroatoms. The van der Waals surface area contributed by atoms with Crippen LogP contribution < -0.4 is 5.32 Å². The molecule has 2 saturated heterocycles. The topological polar surface area (TPSA) is 86.8 Å². The van der Waals surface area contributed by atoms with Gasteiger partial charge < -0.3 is 10.2 Å². The van der Waals surface area contributed by atoms with E-state index in [1.165, 1.54) is 28.6 Å². The fraction of sp³-hybridized carbons (Fsp3) is 0.440. The SMILES string of the molecule is O=C1NCCCCC1N(Cc1cccc(C(=O)N2CCCCC2)c1)S(=O)(=O)c1ccc(Cl)cc1. The van der Waals surface area contributed by atoms with Crippen LogP contribution in [0.3, 0.4) is 0 Å². The number of carbonyl (C=O) groups excluding carboxylic acids is 2. The van der Waals surface area contributed by atoms with E-state index in [-0.39, 0.29) is 23.3 Å². The molecule has 0 spiro atoms. The average molecular weight is 504 g/mol. The van der Waals surface area contributed by atoms with Gasteiger partial charge in [-0.05, 0) is 80.5 Å². The molecule has 2 aliphatic heterocycles. The lowest BCUT2D eigenvalue weighted by atomic mass is 10.1. The minimum absolute atomic E-state index is 0.00976. The first-order chi connectivity index (χ1) is 16.4. The van der Waals surface area contributed by atoms with Gasteiger partial charge in [-0.25, -0.2) is 8.42 Å². The van der Waals surface area contributed by atoms with Crippen molar-refractivity contribution in [3.05, 3.63) is 64.7 Å². The van der Waals surface area contributed by atoms with Crippen molar-refractivity contribution < 1.29 is 18.0 Å². The second-order valence-corrected chi connectivity index (χ2v) is 11.2. The highest BCUT2D eigenvalue weighted by Gasteiger charge is 2.36. The smallest absolute Gasteiger partial charge is 0.253 e. The zero-order valence-corrected chi connectivity index (χ0v) is 20.7. The third-order valence-corrected chi connectivity index (χ3v) is 8.55. The summed E-state index contributed by atoms with van der Waals surface area (Å²) in [6, 6.07) is 12.2. The van der Waals surface area contributed by atoms with Gasteiger partial charge in [0, 0.05) is 36.8 Å². The summed E-state index contributed by atoms with van der Waals surface area (Å²) in [5.41, 5.74) is 1.20. The first kappa shape index (κ1) is 24.7. The summed E-state index contributed by atoms with van der Waals surface area (Å²) >= 11 is 5.97. The molecule has 0 saturated carbocycles. The molecule has 2 fully saturated rings. The van der Waals surface area contributed by atoms with Gasteiger partial charge in [0.15, 0.2) is 0 Å². The van der Waals surface area contributed by atoms with Crippen molar-refractivity contribution in [3.63, 3.8) is 0 Å². The highest BCUT2D eigenvalue weighted by Crippen LogP contribution is 2.26. The van der Waals surface area contributed by atoms with Crippen LogP contribution in [-0.2, 0) is 21.4 Å². The molecule has 1 atom stereocenters. The van der Waals surface area contributed by atoms with Crippen molar-refractivity contribution in [2.24, 2.45) is 0 Å². The zero-order chi connectivity index (χ0) is 24.1.